The third kappa shape index (κ3) is 8.47. The summed E-state index contributed by atoms with van der Waals surface area (Å²) in [5, 5.41) is 3.31. The van der Waals surface area contributed by atoms with Gasteiger partial charge >= 0.3 is 0 Å². The predicted molar refractivity (Wildman–Crippen MR) is 161 cm³/mol. The Bertz CT molecular complexity index is 1200. The van der Waals surface area contributed by atoms with Crippen LogP contribution in [-0.4, -0.2) is 34.6 Å². The van der Waals surface area contributed by atoms with Gasteiger partial charge < -0.3 is 10.2 Å². The van der Waals surface area contributed by atoms with Gasteiger partial charge in [-0.2, -0.15) is 0 Å². The summed E-state index contributed by atoms with van der Waals surface area (Å²) in [6.07, 6.45) is 6.02. The standard InChI is InChI=1S/C32H37BrN2O2S/c1-24-11-8-9-15-27(24)22-38-23-31(36)35(21-26-14-10-16-28(33)19-26)30(20-25-12-4-2-5-13-25)32(37)34-29-17-6-3-7-18-29/h2,4-5,8-16,19,29-30H,3,6-7,17-18,20-23H2,1H3,(H,34,37)/t30-/m1/s1. The van der Waals surface area contributed by atoms with Gasteiger partial charge in [-0.3, -0.25) is 9.59 Å². The first-order chi connectivity index (χ1) is 18.5. The number of hydrogen-bond acceptors (Lipinski definition) is 3. The van der Waals surface area contributed by atoms with Crippen molar-refractivity contribution in [3.63, 3.8) is 0 Å². The van der Waals surface area contributed by atoms with Crippen molar-refractivity contribution >= 4 is 39.5 Å². The number of rotatable bonds is 11. The Hall–Kier alpha value is -2.57. The first kappa shape index (κ1) is 28.4. The molecule has 2 amide bonds. The Balaban J connectivity index is 1.57. The van der Waals surface area contributed by atoms with E-state index in [-0.39, 0.29) is 17.9 Å². The van der Waals surface area contributed by atoms with Gasteiger partial charge in [0.05, 0.1) is 5.75 Å². The number of hydrogen-bond donors (Lipinski definition) is 1. The van der Waals surface area contributed by atoms with Gasteiger partial charge in [0.25, 0.3) is 0 Å². The molecule has 1 fully saturated rings. The zero-order chi connectivity index (χ0) is 26.7. The van der Waals surface area contributed by atoms with Crippen LogP contribution in [0.25, 0.3) is 0 Å². The van der Waals surface area contributed by atoms with E-state index in [4.69, 9.17) is 0 Å². The number of halogens is 1. The molecule has 3 aromatic rings. The fourth-order valence-electron chi connectivity index (χ4n) is 5.03. The fourth-order valence-corrected chi connectivity index (χ4v) is 6.47. The van der Waals surface area contributed by atoms with Gasteiger partial charge in [-0.15, -0.1) is 11.8 Å². The molecule has 4 nitrogen and oxygen atoms in total. The topological polar surface area (TPSA) is 49.4 Å². The smallest absolute Gasteiger partial charge is 0.243 e. The molecule has 1 aliphatic carbocycles. The maximum atomic E-state index is 13.8. The Morgan fingerprint density at radius 2 is 1.66 bits per heavy atom. The van der Waals surface area contributed by atoms with Gasteiger partial charge in [0.1, 0.15) is 6.04 Å². The molecular formula is C32H37BrN2O2S. The van der Waals surface area contributed by atoms with Crippen LogP contribution in [0, 0.1) is 6.92 Å². The lowest BCUT2D eigenvalue weighted by molar-refractivity contribution is -0.139. The van der Waals surface area contributed by atoms with E-state index >= 15 is 0 Å². The van der Waals surface area contributed by atoms with Gasteiger partial charge in [0.2, 0.25) is 11.8 Å². The summed E-state index contributed by atoms with van der Waals surface area (Å²) in [5.74, 6) is 1.03. The molecule has 0 bridgehead atoms. The normalized spacial score (nSPS) is 14.6. The van der Waals surface area contributed by atoms with E-state index in [1.807, 2.05) is 66.7 Å². The molecule has 0 aromatic heterocycles. The highest BCUT2D eigenvalue weighted by Gasteiger charge is 2.31. The lowest BCUT2D eigenvalue weighted by atomic mass is 9.94. The molecule has 0 heterocycles. The SMILES string of the molecule is Cc1ccccc1CSCC(=O)N(Cc1cccc(Br)c1)[C@H](Cc1ccccc1)C(=O)NC1CCCCC1. The zero-order valence-electron chi connectivity index (χ0n) is 22.1. The number of nitrogens with one attached hydrogen (secondary N) is 1. The Morgan fingerprint density at radius 1 is 0.947 bits per heavy atom. The third-order valence-corrected chi connectivity index (χ3v) is 8.67. The molecule has 1 N–H and O–H groups in total. The van der Waals surface area contributed by atoms with E-state index in [1.165, 1.54) is 17.5 Å². The summed E-state index contributed by atoms with van der Waals surface area (Å²) < 4.78 is 0.961. The van der Waals surface area contributed by atoms with Crippen LogP contribution >= 0.6 is 27.7 Å². The third-order valence-electron chi connectivity index (χ3n) is 7.21. The summed E-state index contributed by atoms with van der Waals surface area (Å²) in [6, 6.07) is 25.9. The summed E-state index contributed by atoms with van der Waals surface area (Å²) >= 11 is 5.17. The Morgan fingerprint density at radius 3 is 2.39 bits per heavy atom. The number of aryl methyl sites for hydroxylation is 1. The summed E-state index contributed by atoms with van der Waals surface area (Å²) in [4.78, 5) is 29.5. The van der Waals surface area contributed by atoms with E-state index in [2.05, 4.69) is 40.3 Å². The number of carbonyl (C=O) groups is 2. The van der Waals surface area contributed by atoms with E-state index in [9.17, 15) is 9.59 Å². The van der Waals surface area contributed by atoms with Crippen LogP contribution in [0.5, 0.6) is 0 Å². The number of benzene rings is 3. The highest BCUT2D eigenvalue weighted by atomic mass is 79.9. The number of nitrogens with zero attached hydrogens (tertiary/aromatic N) is 1. The molecule has 0 radical (unpaired) electrons. The first-order valence-electron chi connectivity index (χ1n) is 13.5. The highest BCUT2D eigenvalue weighted by Crippen LogP contribution is 2.22. The van der Waals surface area contributed by atoms with Crippen molar-refractivity contribution in [2.45, 2.75) is 69.8 Å². The minimum absolute atomic E-state index is 0.0108. The van der Waals surface area contributed by atoms with E-state index < -0.39 is 6.04 Å². The lowest BCUT2D eigenvalue weighted by Gasteiger charge is -2.33. The molecule has 0 saturated heterocycles. The summed E-state index contributed by atoms with van der Waals surface area (Å²) in [7, 11) is 0. The fraction of sp³-hybridized carbons (Fsp3) is 0.375. The second kappa shape index (κ2) is 14.5. The predicted octanol–water partition coefficient (Wildman–Crippen LogP) is 7.08. The molecule has 0 unspecified atom stereocenters. The molecule has 0 spiro atoms. The van der Waals surface area contributed by atoms with Crippen LogP contribution in [0.3, 0.4) is 0 Å². The highest BCUT2D eigenvalue weighted by molar-refractivity contribution is 9.10. The van der Waals surface area contributed by atoms with E-state index in [0.717, 1.165) is 47.0 Å². The summed E-state index contributed by atoms with van der Waals surface area (Å²) in [5.41, 5.74) is 4.52. The van der Waals surface area contributed by atoms with Crippen molar-refractivity contribution < 1.29 is 9.59 Å². The van der Waals surface area contributed by atoms with Crippen molar-refractivity contribution in [2.75, 3.05) is 5.75 Å². The molecule has 0 aliphatic heterocycles. The van der Waals surface area contributed by atoms with Gasteiger partial charge in [-0.05, 0) is 54.2 Å². The summed E-state index contributed by atoms with van der Waals surface area (Å²) in [6.45, 7) is 2.49. The van der Waals surface area contributed by atoms with Gasteiger partial charge in [0, 0.05) is 29.2 Å². The van der Waals surface area contributed by atoms with Crippen LogP contribution in [0.2, 0.25) is 0 Å². The molecule has 4 rings (SSSR count). The van der Waals surface area contributed by atoms with E-state index in [0.29, 0.717) is 18.7 Å². The minimum Gasteiger partial charge on any atom is -0.352 e. The van der Waals surface area contributed by atoms with Gasteiger partial charge in [0.15, 0.2) is 0 Å². The van der Waals surface area contributed by atoms with Crippen molar-refractivity contribution in [2.24, 2.45) is 0 Å². The van der Waals surface area contributed by atoms with Crippen molar-refractivity contribution in [3.8, 4) is 0 Å². The van der Waals surface area contributed by atoms with E-state index in [1.54, 1.807) is 16.7 Å². The molecule has 200 valence electrons. The van der Waals surface area contributed by atoms with Crippen LogP contribution in [0.15, 0.2) is 83.3 Å². The van der Waals surface area contributed by atoms with Gasteiger partial charge in [-0.25, -0.2) is 0 Å². The second-order valence-corrected chi connectivity index (χ2v) is 12.0. The molecule has 1 atom stereocenters. The van der Waals surface area contributed by atoms with Crippen LogP contribution in [0.1, 0.15) is 54.4 Å². The first-order valence-corrected chi connectivity index (χ1v) is 15.4. The zero-order valence-corrected chi connectivity index (χ0v) is 24.5. The van der Waals surface area contributed by atoms with Crippen molar-refractivity contribution in [3.05, 3.63) is 106 Å². The van der Waals surface area contributed by atoms with Crippen LogP contribution in [0.4, 0.5) is 0 Å². The second-order valence-electron chi connectivity index (χ2n) is 10.1. The lowest BCUT2D eigenvalue weighted by Crippen LogP contribution is -2.53. The monoisotopic (exact) mass is 592 g/mol. The molecule has 1 saturated carbocycles. The molecule has 3 aromatic carbocycles. The number of carbonyl (C=O) groups excluding carboxylic acids is 2. The average Bonchev–Trinajstić information content (AvgIpc) is 2.93. The molecule has 6 heteroatoms. The molecule has 38 heavy (non-hydrogen) atoms. The Kier molecular flexibility index (Phi) is 10.9. The average molecular weight is 594 g/mol. The number of amides is 2. The van der Waals surface area contributed by atoms with Crippen LogP contribution < -0.4 is 5.32 Å². The van der Waals surface area contributed by atoms with Crippen molar-refractivity contribution in [1.29, 1.82) is 0 Å². The number of thioether (sulfide) groups is 1. The van der Waals surface area contributed by atoms with Crippen molar-refractivity contribution in [1.82, 2.24) is 10.2 Å². The largest absolute Gasteiger partial charge is 0.352 e. The minimum atomic E-state index is -0.579. The quantitative estimate of drug-likeness (QED) is 0.259. The Labute approximate surface area is 239 Å². The molecular weight excluding hydrogens is 556 g/mol. The van der Waals surface area contributed by atoms with Gasteiger partial charge in [-0.1, -0.05) is 102 Å². The molecule has 1 aliphatic rings. The maximum absolute atomic E-state index is 13.8. The van der Waals surface area contributed by atoms with Crippen LogP contribution in [-0.2, 0) is 28.3 Å². The maximum Gasteiger partial charge on any atom is 0.243 e.